The zero-order valence-electron chi connectivity index (χ0n) is 25.4. The van der Waals surface area contributed by atoms with E-state index in [0.717, 1.165) is 32.1 Å². The maximum atomic E-state index is 13.9. The van der Waals surface area contributed by atoms with Gasteiger partial charge in [-0.1, -0.05) is 43.4 Å². The number of carbonyl (C=O) groups is 4. The van der Waals surface area contributed by atoms with Gasteiger partial charge < -0.3 is 14.2 Å². The molecule has 3 aromatic rings. The van der Waals surface area contributed by atoms with Crippen molar-refractivity contribution >= 4 is 62.4 Å². The van der Waals surface area contributed by atoms with E-state index in [1.54, 1.807) is 36.7 Å². The van der Waals surface area contributed by atoms with Gasteiger partial charge in [-0.15, -0.1) is 0 Å². The Labute approximate surface area is 254 Å². The third-order valence-corrected chi connectivity index (χ3v) is 7.79. The smallest absolute Gasteiger partial charge is 0.335 e. The van der Waals surface area contributed by atoms with Gasteiger partial charge in [0.2, 0.25) is 11.6 Å². The van der Waals surface area contributed by atoms with Gasteiger partial charge in [0.05, 0.1) is 4.92 Å². The second kappa shape index (κ2) is 14.2. The van der Waals surface area contributed by atoms with Crippen LogP contribution in [0.25, 0.3) is 21.8 Å². The van der Waals surface area contributed by atoms with E-state index in [4.69, 9.17) is 9.68 Å². The molecule has 12 nitrogen and oxygen atoms in total. The number of hydrogen-bond donors (Lipinski definition) is 0. The van der Waals surface area contributed by atoms with Crippen LogP contribution in [0.3, 0.4) is 0 Å². The van der Waals surface area contributed by atoms with Crippen LogP contribution < -0.4 is 0 Å². The van der Waals surface area contributed by atoms with Crippen LogP contribution in [-0.4, -0.2) is 44.4 Å². The van der Waals surface area contributed by atoms with Crippen molar-refractivity contribution in [3.63, 3.8) is 0 Å². The molecule has 2 aromatic carbocycles. The fourth-order valence-electron chi connectivity index (χ4n) is 5.55. The quantitative estimate of drug-likeness (QED) is 0.0734. The maximum Gasteiger partial charge on any atom is 0.335 e. The van der Waals surface area contributed by atoms with Gasteiger partial charge in [-0.05, 0) is 56.9 Å². The summed E-state index contributed by atoms with van der Waals surface area (Å²) in [5.74, 6) is -2.30. The number of oxime groups is 2. The summed E-state index contributed by atoms with van der Waals surface area (Å²) >= 11 is 0. The summed E-state index contributed by atoms with van der Waals surface area (Å²) in [4.78, 5) is 72.4. The second-order valence-electron chi connectivity index (χ2n) is 11.0. The number of nitrogens with zero attached hydrogens (tertiary/aromatic N) is 4. The van der Waals surface area contributed by atoms with Crippen molar-refractivity contribution in [1.82, 2.24) is 4.57 Å². The highest BCUT2D eigenvalue weighted by molar-refractivity contribution is 6.47. The Bertz CT molecular complexity index is 1700. The van der Waals surface area contributed by atoms with Crippen molar-refractivity contribution in [2.45, 2.75) is 78.6 Å². The highest BCUT2D eigenvalue weighted by Gasteiger charge is 2.29. The molecule has 1 saturated carbocycles. The molecule has 0 unspecified atom stereocenters. The highest BCUT2D eigenvalue weighted by Crippen LogP contribution is 2.36. The van der Waals surface area contributed by atoms with E-state index in [1.807, 2.05) is 6.92 Å². The van der Waals surface area contributed by atoms with Crippen LogP contribution in [0.5, 0.6) is 0 Å². The number of fused-ring (bicyclic) bond motifs is 3. The number of aromatic nitrogens is 1. The SMILES string of the molecule is CCCC(=O)O/N=C(\C)C(=O)c1cc([N+](=O)[O-])c2c(c1)c1cc(C(=O)/C(=N/OC(=O)CCC)C3CCCCC3)ccc1n2C. The largest absolute Gasteiger partial charge is 0.338 e. The number of hydrogen-bond acceptors (Lipinski definition) is 10. The first kappa shape index (κ1) is 32.2. The van der Waals surface area contributed by atoms with Gasteiger partial charge >= 0.3 is 11.9 Å². The first-order valence-corrected chi connectivity index (χ1v) is 14.9. The molecule has 0 bridgehead atoms. The summed E-state index contributed by atoms with van der Waals surface area (Å²) in [7, 11) is 1.67. The predicted molar refractivity (Wildman–Crippen MR) is 165 cm³/mol. The lowest BCUT2D eigenvalue weighted by Gasteiger charge is -2.22. The minimum Gasteiger partial charge on any atom is -0.338 e. The molecule has 1 aliphatic rings. The number of Topliss-reactive ketones (excluding diaryl/α,β-unsaturated/α-hetero) is 2. The minimum atomic E-state index is -0.649. The van der Waals surface area contributed by atoms with Gasteiger partial charge in [0.15, 0.2) is 0 Å². The number of nitro groups is 1. The van der Waals surface area contributed by atoms with Crippen LogP contribution in [-0.2, 0) is 26.3 Å². The van der Waals surface area contributed by atoms with Crippen LogP contribution >= 0.6 is 0 Å². The number of nitro benzene ring substituents is 1. The molecular formula is C32H36N4O8. The Balaban J connectivity index is 1.81. The molecule has 0 spiro atoms. The summed E-state index contributed by atoms with van der Waals surface area (Å²) < 4.78 is 1.64. The van der Waals surface area contributed by atoms with E-state index in [2.05, 4.69) is 10.3 Å². The second-order valence-corrected chi connectivity index (χ2v) is 11.0. The Hall–Kier alpha value is -4.74. The van der Waals surface area contributed by atoms with Crippen LogP contribution in [0.1, 0.15) is 99.3 Å². The van der Waals surface area contributed by atoms with Crippen LogP contribution in [0.2, 0.25) is 0 Å². The molecule has 0 N–H and O–H groups in total. The van der Waals surface area contributed by atoms with Gasteiger partial charge in [0.25, 0.3) is 5.69 Å². The molecule has 12 heteroatoms. The normalized spacial score (nSPS) is 14.5. The van der Waals surface area contributed by atoms with Crippen molar-refractivity contribution in [2.75, 3.05) is 0 Å². The molecule has 0 atom stereocenters. The summed E-state index contributed by atoms with van der Waals surface area (Å²) in [6, 6.07) is 7.61. The van der Waals surface area contributed by atoms with E-state index in [9.17, 15) is 29.3 Å². The molecule has 1 fully saturated rings. The first-order chi connectivity index (χ1) is 21.1. The van der Waals surface area contributed by atoms with Crippen molar-refractivity contribution in [3.8, 4) is 0 Å². The zero-order valence-corrected chi connectivity index (χ0v) is 25.4. The van der Waals surface area contributed by atoms with Crippen molar-refractivity contribution in [1.29, 1.82) is 0 Å². The Kier molecular flexibility index (Phi) is 10.4. The predicted octanol–water partition coefficient (Wildman–Crippen LogP) is 6.60. The molecular weight excluding hydrogens is 568 g/mol. The van der Waals surface area contributed by atoms with Crippen molar-refractivity contribution < 1.29 is 33.8 Å². The molecule has 4 rings (SSSR count). The van der Waals surface area contributed by atoms with E-state index in [0.29, 0.717) is 29.1 Å². The molecule has 1 heterocycles. The number of benzene rings is 2. The van der Waals surface area contributed by atoms with Crippen molar-refractivity contribution in [3.05, 3.63) is 51.6 Å². The van der Waals surface area contributed by atoms with Gasteiger partial charge in [-0.2, -0.15) is 0 Å². The first-order valence-electron chi connectivity index (χ1n) is 14.9. The molecule has 232 valence electrons. The summed E-state index contributed by atoms with van der Waals surface area (Å²) in [5, 5.41) is 20.7. The van der Waals surface area contributed by atoms with Gasteiger partial charge in [-0.25, -0.2) is 9.59 Å². The van der Waals surface area contributed by atoms with Crippen LogP contribution in [0, 0.1) is 16.0 Å². The van der Waals surface area contributed by atoms with Crippen LogP contribution in [0.15, 0.2) is 40.6 Å². The molecule has 1 aliphatic carbocycles. The topological polar surface area (TPSA) is 160 Å². The lowest BCUT2D eigenvalue weighted by molar-refractivity contribution is -0.383. The van der Waals surface area contributed by atoms with E-state index < -0.39 is 28.4 Å². The van der Waals surface area contributed by atoms with Gasteiger partial charge in [0.1, 0.15) is 16.9 Å². The van der Waals surface area contributed by atoms with Crippen LogP contribution in [0.4, 0.5) is 5.69 Å². The summed E-state index contributed by atoms with van der Waals surface area (Å²) in [6.07, 6.45) is 5.87. The summed E-state index contributed by atoms with van der Waals surface area (Å²) in [6.45, 7) is 5.00. The Morgan fingerprint density at radius 3 is 2.11 bits per heavy atom. The Morgan fingerprint density at radius 1 is 0.886 bits per heavy atom. The fraction of sp³-hybridized carbons (Fsp3) is 0.438. The fourth-order valence-corrected chi connectivity index (χ4v) is 5.55. The lowest BCUT2D eigenvalue weighted by atomic mass is 9.83. The molecule has 0 aliphatic heterocycles. The molecule has 0 amide bonds. The van der Waals surface area contributed by atoms with E-state index >= 15 is 0 Å². The lowest BCUT2D eigenvalue weighted by Crippen LogP contribution is -2.27. The molecule has 0 saturated heterocycles. The molecule has 0 radical (unpaired) electrons. The van der Waals surface area contributed by atoms with Gasteiger partial charge in [0, 0.05) is 59.3 Å². The third-order valence-electron chi connectivity index (χ3n) is 7.79. The average molecular weight is 605 g/mol. The Morgan fingerprint density at radius 2 is 1.50 bits per heavy atom. The number of non-ortho nitro benzene ring substituents is 1. The summed E-state index contributed by atoms with van der Waals surface area (Å²) in [5.41, 5.74) is 0.860. The molecule has 44 heavy (non-hydrogen) atoms. The number of rotatable bonds is 12. The van der Waals surface area contributed by atoms with Crippen molar-refractivity contribution in [2.24, 2.45) is 23.3 Å². The number of carbonyl (C=O) groups excluding carboxylic acids is 4. The maximum absolute atomic E-state index is 13.9. The monoisotopic (exact) mass is 604 g/mol. The van der Waals surface area contributed by atoms with E-state index in [-0.39, 0.29) is 52.5 Å². The third kappa shape index (κ3) is 6.90. The standard InChI is InChI=1S/C32H36N4O8/c1-5-10-27(37)43-33-19(3)31(39)22-17-24-23-16-21(14-15-25(23)35(4)30(24)26(18-22)36(41)42)32(40)29(20-12-8-7-9-13-20)34-44-28(38)11-6-2/h14-18,20H,5-13H2,1-4H3/b33-19+,34-29+. The zero-order chi connectivity index (χ0) is 32.0. The minimum absolute atomic E-state index is 0.0199. The van der Waals surface area contributed by atoms with E-state index in [1.165, 1.54) is 19.1 Å². The molecule has 1 aromatic heterocycles. The number of aryl methyl sites for hydroxylation is 1. The highest BCUT2D eigenvalue weighted by atomic mass is 16.7. The van der Waals surface area contributed by atoms with Gasteiger partial charge in [-0.3, -0.25) is 19.7 Å². The number of ketones is 2. The average Bonchev–Trinajstić information content (AvgIpc) is 3.30.